The molecule has 1 aliphatic carbocycles. The van der Waals surface area contributed by atoms with Crippen LogP contribution in [0, 0.1) is 11.8 Å². The molecule has 34 heavy (non-hydrogen) atoms. The normalized spacial score (nSPS) is 23.5. The first-order valence-corrected chi connectivity index (χ1v) is 13.4. The summed E-state index contributed by atoms with van der Waals surface area (Å²) in [5, 5.41) is 9.82. The number of benzene rings is 2. The Balaban J connectivity index is 1.77. The third kappa shape index (κ3) is 5.25. The third-order valence-electron chi connectivity index (χ3n) is 6.84. The van der Waals surface area contributed by atoms with E-state index in [4.69, 9.17) is 9.47 Å². The van der Waals surface area contributed by atoms with E-state index in [0.717, 1.165) is 23.6 Å². The molecule has 1 fully saturated rings. The van der Waals surface area contributed by atoms with Crippen molar-refractivity contribution in [3.05, 3.63) is 42.5 Å². The molecule has 1 heterocycles. The molecule has 0 unspecified atom stereocenters. The maximum Gasteiger partial charge on any atom is 0.247 e. The van der Waals surface area contributed by atoms with E-state index in [1.54, 1.807) is 32.2 Å². The first-order chi connectivity index (χ1) is 16.2. The van der Waals surface area contributed by atoms with Crippen molar-refractivity contribution in [2.75, 3.05) is 40.4 Å². The molecule has 3 atom stereocenters. The van der Waals surface area contributed by atoms with Crippen LogP contribution in [0.25, 0.3) is 11.1 Å². The number of ether oxygens (including phenoxy) is 2. The summed E-state index contributed by atoms with van der Waals surface area (Å²) in [4.78, 5) is 2.42. The fourth-order valence-corrected chi connectivity index (χ4v) is 6.44. The molecular weight excluding hydrogens is 452 g/mol. The molecule has 1 saturated carbocycles. The number of aliphatic hydroxyl groups is 1. The van der Waals surface area contributed by atoms with E-state index in [2.05, 4.69) is 11.9 Å². The van der Waals surface area contributed by atoms with E-state index >= 15 is 0 Å². The number of hydrogen-bond donors (Lipinski definition) is 1. The average Bonchev–Trinajstić information content (AvgIpc) is 3.64. The quantitative estimate of drug-likeness (QED) is 0.613. The summed E-state index contributed by atoms with van der Waals surface area (Å²) in [6.07, 6.45) is 2.35. The average molecular weight is 489 g/mol. The zero-order valence-electron chi connectivity index (χ0n) is 20.5. The molecule has 7 nitrogen and oxygen atoms in total. The van der Waals surface area contributed by atoms with Gasteiger partial charge in [0.25, 0.3) is 0 Å². The van der Waals surface area contributed by atoms with Crippen LogP contribution in [0.5, 0.6) is 11.5 Å². The van der Waals surface area contributed by atoms with Crippen molar-refractivity contribution in [3.63, 3.8) is 0 Å². The number of sulfonamides is 1. The van der Waals surface area contributed by atoms with Crippen molar-refractivity contribution in [2.24, 2.45) is 11.8 Å². The van der Waals surface area contributed by atoms with Crippen molar-refractivity contribution in [2.45, 2.75) is 43.7 Å². The fourth-order valence-electron chi connectivity index (χ4n) is 4.62. The van der Waals surface area contributed by atoms with Crippen LogP contribution in [0.4, 0.5) is 0 Å². The van der Waals surface area contributed by atoms with Gasteiger partial charge in [0.05, 0.1) is 13.7 Å². The van der Waals surface area contributed by atoms with Crippen molar-refractivity contribution in [3.8, 4) is 22.6 Å². The lowest BCUT2D eigenvalue weighted by Crippen LogP contribution is -2.49. The number of nitrogens with zero attached hydrogens (tertiary/aromatic N) is 2. The smallest absolute Gasteiger partial charge is 0.247 e. The Morgan fingerprint density at radius 3 is 2.62 bits per heavy atom. The van der Waals surface area contributed by atoms with E-state index in [9.17, 15) is 13.5 Å². The van der Waals surface area contributed by atoms with E-state index < -0.39 is 16.1 Å². The van der Waals surface area contributed by atoms with E-state index in [1.165, 1.54) is 17.1 Å². The van der Waals surface area contributed by atoms with Gasteiger partial charge in [0.2, 0.25) is 10.0 Å². The molecule has 4 rings (SSSR count). The zero-order chi connectivity index (χ0) is 24.5. The van der Waals surface area contributed by atoms with Gasteiger partial charge in [0.1, 0.15) is 22.5 Å². The molecule has 0 amide bonds. The van der Waals surface area contributed by atoms with Crippen molar-refractivity contribution < 1.29 is 23.0 Å². The summed E-state index contributed by atoms with van der Waals surface area (Å²) in [5.41, 5.74) is 1.69. The summed E-state index contributed by atoms with van der Waals surface area (Å²) >= 11 is 0. The van der Waals surface area contributed by atoms with Gasteiger partial charge in [-0.3, -0.25) is 0 Å². The van der Waals surface area contributed by atoms with Gasteiger partial charge in [-0.1, -0.05) is 31.2 Å². The molecule has 2 aromatic rings. The third-order valence-corrected chi connectivity index (χ3v) is 8.86. The van der Waals surface area contributed by atoms with Crippen molar-refractivity contribution in [1.82, 2.24) is 9.21 Å². The number of aliphatic hydroxyl groups excluding tert-OH is 1. The summed E-state index contributed by atoms with van der Waals surface area (Å²) in [6.45, 7) is 5.54. The number of rotatable bonds is 8. The van der Waals surface area contributed by atoms with E-state index in [0.29, 0.717) is 24.6 Å². The zero-order valence-corrected chi connectivity index (χ0v) is 21.3. The van der Waals surface area contributed by atoms with Gasteiger partial charge in [-0.2, -0.15) is 4.31 Å². The van der Waals surface area contributed by atoms with Gasteiger partial charge in [-0.25, -0.2) is 8.42 Å². The summed E-state index contributed by atoms with van der Waals surface area (Å²) in [5.74, 6) is 1.74. The highest BCUT2D eigenvalue weighted by molar-refractivity contribution is 7.89. The Hall–Kier alpha value is -2.13. The molecule has 0 spiro atoms. The minimum atomic E-state index is -3.86. The lowest BCUT2D eigenvalue weighted by molar-refractivity contribution is 0.0741. The number of likely N-dealkylation sites (N-methyl/N-ethyl adjacent to an activating group) is 1. The number of methoxy groups -OCH3 is 1. The van der Waals surface area contributed by atoms with E-state index in [-0.39, 0.29) is 23.5 Å². The lowest BCUT2D eigenvalue weighted by Gasteiger charge is -2.37. The Labute approximate surface area is 203 Å². The number of para-hydroxylation sites is 1. The summed E-state index contributed by atoms with van der Waals surface area (Å²) in [7, 11) is -0.138. The monoisotopic (exact) mass is 488 g/mol. The van der Waals surface area contributed by atoms with Gasteiger partial charge < -0.3 is 19.5 Å². The predicted octanol–water partition coefficient (Wildman–Crippen LogP) is 3.47. The second kappa shape index (κ2) is 10.2. The highest BCUT2D eigenvalue weighted by atomic mass is 32.2. The van der Waals surface area contributed by atoms with Crippen molar-refractivity contribution in [1.29, 1.82) is 0 Å². The molecule has 0 saturated heterocycles. The van der Waals surface area contributed by atoms with Crippen LogP contribution in [0.1, 0.15) is 26.7 Å². The second-order valence-corrected chi connectivity index (χ2v) is 11.6. The Morgan fingerprint density at radius 2 is 1.94 bits per heavy atom. The maximum atomic E-state index is 13.7. The largest absolute Gasteiger partial charge is 0.496 e. The second-order valence-electron chi connectivity index (χ2n) is 9.77. The van der Waals surface area contributed by atoms with Gasteiger partial charge in [0.15, 0.2) is 0 Å². The molecule has 1 N–H and O–H groups in total. The highest BCUT2D eigenvalue weighted by Gasteiger charge is 2.38. The van der Waals surface area contributed by atoms with Gasteiger partial charge in [-0.15, -0.1) is 0 Å². The molecule has 8 heteroatoms. The van der Waals surface area contributed by atoms with Crippen LogP contribution in [-0.4, -0.2) is 75.3 Å². The Kier molecular flexibility index (Phi) is 7.52. The van der Waals surface area contributed by atoms with Crippen LogP contribution in [0.3, 0.4) is 0 Å². The van der Waals surface area contributed by atoms with Crippen LogP contribution in [0.2, 0.25) is 0 Å². The van der Waals surface area contributed by atoms with Crippen molar-refractivity contribution >= 4 is 10.0 Å². The highest BCUT2D eigenvalue weighted by Crippen LogP contribution is 2.39. The van der Waals surface area contributed by atoms with Crippen LogP contribution < -0.4 is 9.47 Å². The molecule has 2 aliphatic rings. The van der Waals surface area contributed by atoms with Crippen LogP contribution >= 0.6 is 0 Å². The predicted molar refractivity (Wildman–Crippen MR) is 133 cm³/mol. The molecule has 0 aromatic heterocycles. The Bertz CT molecular complexity index is 1100. The van der Waals surface area contributed by atoms with E-state index in [1.807, 2.05) is 31.2 Å². The van der Waals surface area contributed by atoms with Crippen LogP contribution in [0.15, 0.2) is 47.4 Å². The van der Waals surface area contributed by atoms with Gasteiger partial charge >= 0.3 is 0 Å². The first-order valence-electron chi connectivity index (χ1n) is 12.0. The molecule has 186 valence electrons. The fraction of sp³-hybridized carbons (Fsp3) is 0.538. The van der Waals surface area contributed by atoms with Gasteiger partial charge in [-0.05, 0) is 56.5 Å². The molecule has 2 aromatic carbocycles. The summed E-state index contributed by atoms with van der Waals surface area (Å²) in [6, 6.07) is 12.3. The molecule has 1 aliphatic heterocycles. The first kappa shape index (κ1) is 25.0. The molecule has 0 radical (unpaired) electrons. The lowest BCUT2D eigenvalue weighted by atomic mass is 10.0. The minimum Gasteiger partial charge on any atom is -0.496 e. The number of fused-ring (bicyclic) bond motifs is 1. The SMILES string of the molecule is COc1ccccc1-c1ccc2c(c1)O[C@@H](CN(C)CC1CC1)[C@@H](C)CN([C@H](C)CO)S2(=O)=O. The molecular formula is C26H36N2O5S. The maximum absolute atomic E-state index is 13.7. The number of hydrogen-bond acceptors (Lipinski definition) is 6. The van der Waals surface area contributed by atoms with Gasteiger partial charge in [0, 0.05) is 37.2 Å². The Morgan fingerprint density at radius 1 is 1.21 bits per heavy atom. The minimum absolute atomic E-state index is 0.0616. The standard InChI is InChI=1S/C26H36N2O5S/c1-18-14-28(19(2)17-29)34(30,31)26-12-11-21(22-7-5-6-8-23(22)32-4)13-24(26)33-25(18)16-27(3)15-20-9-10-20/h5-8,11-13,18-20,25,29H,9-10,14-17H2,1-4H3/t18-,19+,25-/m0/s1. The van der Waals surface area contributed by atoms with Crippen LogP contribution in [-0.2, 0) is 10.0 Å². The molecule has 0 bridgehead atoms. The topological polar surface area (TPSA) is 79.3 Å². The summed E-state index contributed by atoms with van der Waals surface area (Å²) < 4.78 is 40.8.